The minimum Gasteiger partial charge on any atom is -0.497 e. The Balaban J connectivity index is 1.99. The molecule has 0 aliphatic carbocycles. The van der Waals surface area contributed by atoms with Gasteiger partial charge in [0, 0.05) is 21.5 Å². The first-order chi connectivity index (χ1) is 12.4. The molecule has 0 bridgehead atoms. The molecule has 1 aromatic carbocycles. The van der Waals surface area contributed by atoms with Crippen LogP contribution in [0.15, 0.2) is 77.5 Å². The van der Waals surface area contributed by atoms with Gasteiger partial charge in [-0.3, -0.25) is 4.79 Å². The molecular formula is C20H17Cl2NO2S. The van der Waals surface area contributed by atoms with E-state index in [0.717, 1.165) is 21.1 Å². The van der Waals surface area contributed by atoms with Crippen molar-refractivity contribution in [2.45, 2.75) is 0 Å². The molecule has 1 N–H and O–H groups in total. The van der Waals surface area contributed by atoms with Crippen molar-refractivity contribution in [1.82, 2.24) is 5.32 Å². The number of methoxy groups -OCH3 is 1. The van der Waals surface area contributed by atoms with E-state index in [1.807, 2.05) is 36.4 Å². The molecule has 1 aromatic heterocycles. The lowest BCUT2D eigenvalue weighted by molar-refractivity contribution is -0.115. The maximum Gasteiger partial charge on any atom is 0.248 e. The average Bonchev–Trinajstić information content (AvgIpc) is 3.08. The van der Waals surface area contributed by atoms with Crippen LogP contribution < -0.4 is 10.1 Å². The van der Waals surface area contributed by atoms with Gasteiger partial charge in [0.25, 0.3) is 0 Å². The van der Waals surface area contributed by atoms with Gasteiger partial charge in [-0.05, 0) is 54.1 Å². The molecule has 0 atom stereocenters. The van der Waals surface area contributed by atoms with Crippen LogP contribution in [0.25, 0.3) is 16.5 Å². The van der Waals surface area contributed by atoms with Crippen molar-refractivity contribution in [3.8, 4) is 16.2 Å². The zero-order valence-corrected chi connectivity index (χ0v) is 16.4. The lowest BCUT2D eigenvalue weighted by atomic mass is 10.2. The largest absolute Gasteiger partial charge is 0.497 e. The van der Waals surface area contributed by atoms with Crippen molar-refractivity contribution in [2.75, 3.05) is 7.11 Å². The lowest BCUT2D eigenvalue weighted by Gasteiger charge is -2.02. The summed E-state index contributed by atoms with van der Waals surface area (Å²) < 4.78 is 5.16. The van der Waals surface area contributed by atoms with Gasteiger partial charge in [0.1, 0.15) is 5.75 Å². The maximum absolute atomic E-state index is 11.9. The molecule has 0 aliphatic rings. The number of nitrogens with one attached hydrogen (secondary N) is 1. The number of hydrogen-bond acceptors (Lipinski definition) is 3. The monoisotopic (exact) mass is 405 g/mol. The Morgan fingerprint density at radius 2 is 1.85 bits per heavy atom. The van der Waals surface area contributed by atoms with E-state index < -0.39 is 0 Å². The Labute approximate surface area is 166 Å². The summed E-state index contributed by atoms with van der Waals surface area (Å²) in [6, 6.07) is 11.8. The summed E-state index contributed by atoms with van der Waals surface area (Å²) in [5.74, 6) is 0.504. The fourth-order valence-corrected chi connectivity index (χ4v) is 3.08. The molecule has 0 spiro atoms. The summed E-state index contributed by atoms with van der Waals surface area (Å²) in [5.41, 5.74) is 1.42. The van der Waals surface area contributed by atoms with Crippen molar-refractivity contribution in [3.05, 3.63) is 82.3 Å². The Hall–Kier alpha value is -2.27. The molecule has 134 valence electrons. The van der Waals surface area contributed by atoms with Crippen LogP contribution in [0.4, 0.5) is 0 Å². The topological polar surface area (TPSA) is 38.3 Å². The van der Waals surface area contributed by atoms with Gasteiger partial charge in [0.05, 0.1) is 17.2 Å². The van der Waals surface area contributed by atoms with E-state index in [4.69, 9.17) is 27.9 Å². The van der Waals surface area contributed by atoms with Gasteiger partial charge < -0.3 is 10.1 Å². The molecule has 2 rings (SSSR count). The highest BCUT2D eigenvalue weighted by atomic mass is 35.5. The zero-order chi connectivity index (χ0) is 19.1. The second-order valence-corrected chi connectivity index (χ2v) is 7.15. The summed E-state index contributed by atoms with van der Waals surface area (Å²) in [6.45, 7) is 7.19. The number of benzene rings is 1. The number of halogens is 2. The minimum atomic E-state index is -0.310. The van der Waals surface area contributed by atoms with Gasteiger partial charge in [-0.2, -0.15) is 0 Å². The Morgan fingerprint density at radius 3 is 2.46 bits per heavy atom. The van der Waals surface area contributed by atoms with Crippen LogP contribution in [0, 0.1) is 0 Å². The molecule has 26 heavy (non-hydrogen) atoms. The normalized spacial score (nSPS) is 11.4. The van der Waals surface area contributed by atoms with Crippen LogP contribution in [-0.4, -0.2) is 13.0 Å². The molecule has 6 heteroatoms. The first kappa shape index (κ1) is 20.0. The van der Waals surface area contributed by atoms with Gasteiger partial charge in [-0.25, -0.2) is 0 Å². The third-order valence-electron chi connectivity index (χ3n) is 3.24. The highest BCUT2D eigenvalue weighted by Gasteiger charge is 2.03. The second kappa shape index (κ2) is 9.43. The van der Waals surface area contributed by atoms with Crippen LogP contribution in [0.1, 0.15) is 4.88 Å². The van der Waals surface area contributed by atoms with Crippen LogP contribution in [0.2, 0.25) is 0 Å². The zero-order valence-electron chi connectivity index (χ0n) is 14.1. The van der Waals surface area contributed by atoms with Crippen LogP contribution in [-0.2, 0) is 4.79 Å². The molecule has 1 heterocycles. The Kier molecular flexibility index (Phi) is 7.27. The summed E-state index contributed by atoms with van der Waals surface area (Å²) in [4.78, 5) is 14.0. The van der Waals surface area contributed by atoms with E-state index in [0.29, 0.717) is 5.70 Å². The third-order valence-corrected chi connectivity index (χ3v) is 4.98. The number of carbonyl (C=O) groups is 1. The number of ether oxygens (including phenoxy) is 1. The van der Waals surface area contributed by atoms with Crippen molar-refractivity contribution in [1.29, 1.82) is 0 Å². The Morgan fingerprint density at radius 1 is 1.15 bits per heavy atom. The smallest absolute Gasteiger partial charge is 0.248 e. The summed E-state index contributed by atoms with van der Waals surface area (Å²) >= 11 is 13.1. The molecule has 0 radical (unpaired) electrons. The molecule has 2 aromatic rings. The fraction of sp³-hybridized carbons (Fsp3) is 0.0500. The van der Waals surface area contributed by atoms with Crippen LogP contribution >= 0.6 is 34.5 Å². The van der Waals surface area contributed by atoms with E-state index >= 15 is 0 Å². The standard InChI is InChI=1S/C20H17Cl2NO2S/c1-13(12-18(22)14(2)21)23-20(24)11-9-17-8-10-19(26-17)15-4-6-16(25-3)7-5-15/h4-12H,1-2H2,3H3,(H,23,24)/b11-9+,18-12+. The fourth-order valence-electron chi connectivity index (χ4n) is 1.98. The SMILES string of the molecule is C=C(/C=C(/Cl)C(=C)Cl)NC(=O)/C=C/c1ccc(-c2ccc(OC)cc2)s1. The van der Waals surface area contributed by atoms with E-state index in [1.54, 1.807) is 24.5 Å². The van der Waals surface area contributed by atoms with Crippen molar-refractivity contribution in [2.24, 2.45) is 0 Å². The van der Waals surface area contributed by atoms with Crippen molar-refractivity contribution < 1.29 is 9.53 Å². The summed E-state index contributed by atoms with van der Waals surface area (Å²) in [7, 11) is 1.64. The molecule has 0 saturated heterocycles. The molecule has 0 unspecified atom stereocenters. The molecule has 0 saturated carbocycles. The predicted octanol–water partition coefficient (Wildman–Crippen LogP) is 5.94. The Bertz CT molecular complexity index is 879. The van der Waals surface area contributed by atoms with E-state index in [9.17, 15) is 4.79 Å². The molecular weight excluding hydrogens is 389 g/mol. The van der Waals surface area contributed by atoms with E-state index in [1.165, 1.54) is 12.2 Å². The molecule has 1 amide bonds. The first-order valence-corrected chi connectivity index (χ1v) is 9.10. The number of amides is 1. The van der Waals surface area contributed by atoms with Gasteiger partial charge in [0.15, 0.2) is 0 Å². The van der Waals surface area contributed by atoms with Gasteiger partial charge >= 0.3 is 0 Å². The van der Waals surface area contributed by atoms with Gasteiger partial charge in [-0.15, -0.1) is 11.3 Å². The second-order valence-electron chi connectivity index (χ2n) is 5.18. The number of rotatable bonds is 7. The molecule has 0 aliphatic heterocycles. The lowest BCUT2D eigenvalue weighted by Crippen LogP contribution is -2.18. The van der Waals surface area contributed by atoms with Gasteiger partial charge in [0.2, 0.25) is 5.91 Å². The molecule has 3 nitrogen and oxygen atoms in total. The predicted molar refractivity (Wildman–Crippen MR) is 112 cm³/mol. The summed E-state index contributed by atoms with van der Waals surface area (Å²) in [5, 5.41) is 3.00. The molecule has 0 fully saturated rings. The quantitative estimate of drug-likeness (QED) is 0.456. The van der Waals surface area contributed by atoms with E-state index in [-0.39, 0.29) is 16.0 Å². The number of allylic oxidation sites excluding steroid dienone is 3. The van der Waals surface area contributed by atoms with Crippen molar-refractivity contribution >= 4 is 46.5 Å². The minimum absolute atomic E-state index is 0.183. The maximum atomic E-state index is 11.9. The van der Waals surface area contributed by atoms with Crippen molar-refractivity contribution in [3.63, 3.8) is 0 Å². The van der Waals surface area contributed by atoms with Crippen LogP contribution in [0.3, 0.4) is 0 Å². The van der Waals surface area contributed by atoms with Crippen LogP contribution in [0.5, 0.6) is 5.75 Å². The summed E-state index contributed by atoms with van der Waals surface area (Å²) in [6.07, 6.45) is 4.62. The highest BCUT2D eigenvalue weighted by Crippen LogP contribution is 2.30. The number of thiophene rings is 1. The number of carbonyl (C=O) groups excluding carboxylic acids is 1. The third kappa shape index (κ3) is 5.92. The first-order valence-electron chi connectivity index (χ1n) is 7.53. The highest BCUT2D eigenvalue weighted by molar-refractivity contribution is 7.16. The average molecular weight is 406 g/mol. The number of hydrogen-bond donors (Lipinski definition) is 1. The van der Waals surface area contributed by atoms with Gasteiger partial charge in [-0.1, -0.05) is 36.4 Å². The van der Waals surface area contributed by atoms with E-state index in [2.05, 4.69) is 18.5 Å².